The Labute approximate surface area is 165 Å². The van der Waals surface area contributed by atoms with Gasteiger partial charge in [0.15, 0.2) is 6.10 Å². The summed E-state index contributed by atoms with van der Waals surface area (Å²) in [4.78, 5) is 24.8. The Balaban J connectivity index is 2.06. The van der Waals surface area contributed by atoms with Gasteiger partial charge in [-0.2, -0.15) is 0 Å². The van der Waals surface area contributed by atoms with E-state index in [1.165, 1.54) is 32.5 Å². The Morgan fingerprint density at radius 1 is 1.16 bits per heavy atom. The van der Waals surface area contributed by atoms with Crippen LogP contribution < -0.4 is 14.8 Å². The van der Waals surface area contributed by atoms with Crippen molar-refractivity contribution >= 4 is 60.8 Å². The molecule has 1 N–H and O–H groups in total. The number of anilines is 1. The Kier molecular flexibility index (Phi) is 6.86. The minimum atomic E-state index is -0.983. The molecule has 25 heavy (non-hydrogen) atoms. The van der Waals surface area contributed by atoms with Crippen LogP contribution in [-0.4, -0.2) is 32.2 Å². The molecule has 1 heterocycles. The van der Waals surface area contributed by atoms with E-state index in [1.54, 1.807) is 24.3 Å². The number of nitrogens with one attached hydrogen (secondary N) is 1. The molecule has 0 spiro atoms. The number of esters is 1. The highest BCUT2D eigenvalue weighted by Crippen LogP contribution is 2.33. The van der Waals surface area contributed by atoms with E-state index in [9.17, 15) is 9.59 Å². The largest absolute Gasteiger partial charge is 0.497 e. The van der Waals surface area contributed by atoms with Crippen molar-refractivity contribution in [2.75, 3.05) is 19.5 Å². The van der Waals surface area contributed by atoms with Crippen LogP contribution in [0.25, 0.3) is 0 Å². The van der Waals surface area contributed by atoms with Crippen molar-refractivity contribution in [3.05, 3.63) is 37.4 Å². The van der Waals surface area contributed by atoms with Gasteiger partial charge in [0, 0.05) is 10.5 Å². The lowest BCUT2D eigenvalue weighted by Crippen LogP contribution is -2.30. The molecule has 0 aliphatic carbocycles. The van der Waals surface area contributed by atoms with Crippen molar-refractivity contribution in [3.63, 3.8) is 0 Å². The summed E-state index contributed by atoms with van der Waals surface area (Å²) >= 11 is 7.83. The number of thiophene rings is 1. The number of amides is 1. The molecule has 1 aromatic carbocycles. The maximum atomic E-state index is 12.3. The zero-order valence-corrected chi connectivity index (χ0v) is 17.6. The molecule has 2 rings (SSSR count). The lowest BCUT2D eigenvalue weighted by atomic mass is 10.2. The van der Waals surface area contributed by atoms with Crippen molar-refractivity contribution < 1.29 is 23.8 Å². The van der Waals surface area contributed by atoms with Crippen LogP contribution in [0.2, 0.25) is 0 Å². The van der Waals surface area contributed by atoms with E-state index in [0.29, 0.717) is 22.1 Å². The fraction of sp³-hybridized carbons (Fsp3) is 0.250. The molecule has 0 fully saturated rings. The first-order chi connectivity index (χ1) is 11.8. The predicted octanol–water partition coefficient (Wildman–Crippen LogP) is 4.47. The molecule has 0 aliphatic rings. The van der Waals surface area contributed by atoms with Crippen molar-refractivity contribution in [2.45, 2.75) is 13.0 Å². The quantitative estimate of drug-likeness (QED) is 0.602. The highest BCUT2D eigenvalue weighted by molar-refractivity contribution is 9.13. The second-order valence-electron chi connectivity index (χ2n) is 4.84. The van der Waals surface area contributed by atoms with Gasteiger partial charge in [0.05, 0.1) is 23.7 Å². The van der Waals surface area contributed by atoms with E-state index in [4.69, 9.17) is 14.2 Å². The van der Waals surface area contributed by atoms with E-state index in [0.717, 1.165) is 8.26 Å². The summed E-state index contributed by atoms with van der Waals surface area (Å²) in [5, 5.41) is 2.67. The highest BCUT2D eigenvalue weighted by Gasteiger charge is 2.22. The molecular formula is C16H15Br2NO5S. The maximum Gasteiger partial charge on any atom is 0.349 e. The molecule has 9 heteroatoms. The van der Waals surface area contributed by atoms with Crippen molar-refractivity contribution in [3.8, 4) is 11.5 Å². The third-order valence-electron chi connectivity index (χ3n) is 3.16. The molecule has 1 amide bonds. The van der Waals surface area contributed by atoms with E-state index < -0.39 is 18.0 Å². The van der Waals surface area contributed by atoms with Crippen LogP contribution in [0.4, 0.5) is 5.69 Å². The number of rotatable bonds is 6. The van der Waals surface area contributed by atoms with Crippen LogP contribution in [0, 0.1) is 0 Å². The van der Waals surface area contributed by atoms with Crippen molar-refractivity contribution in [2.24, 2.45) is 0 Å². The third kappa shape index (κ3) is 4.96. The zero-order valence-electron chi connectivity index (χ0n) is 13.6. The Bertz CT molecular complexity index is 773. The van der Waals surface area contributed by atoms with Gasteiger partial charge in [-0.3, -0.25) is 4.79 Å². The minimum absolute atomic E-state index is 0.386. The van der Waals surface area contributed by atoms with Gasteiger partial charge in [0.25, 0.3) is 5.91 Å². The zero-order chi connectivity index (χ0) is 18.6. The van der Waals surface area contributed by atoms with Gasteiger partial charge in [-0.1, -0.05) is 0 Å². The Morgan fingerprint density at radius 2 is 1.88 bits per heavy atom. The predicted molar refractivity (Wildman–Crippen MR) is 103 cm³/mol. The molecule has 0 saturated heterocycles. The lowest BCUT2D eigenvalue weighted by molar-refractivity contribution is -0.123. The second kappa shape index (κ2) is 8.68. The first-order valence-corrected chi connectivity index (χ1v) is 9.44. The van der Waals surface area contributed by atoms with Gasteiger partial charge in [0.1, 0.15) is 16.4 Å². The van der Waals surface area contributed by atoms with Gasteiger partial charge in [-0.15, -0.1) is 11.3 Å². The summed E-state index contributed by atoms with van der Waals surface area (Å²) in [5.41, 5.74) is 0.427. The van der Waals surface area contributed by atoms with Crippen LogP contribution in [0.3, 0.4) is 0 Å². The van der Waals surface area contributed by atoms with Gasteiger partial charge in [-0.25, -0.2) is 4.79 Å². The molecule has 1 unspecified atom stereocenters. The first kappa shape index (κ1) is 19.7. The molecule has 134 valence electrons. The fourth-order valence-corrected chi connectivity index (χ4v) is 3.78. The molecular weight excluding hydrogens is 478 g/mol. The summed E-state index contributed by atoms with van der Waals surface area (Å²) in [6.45, 7) is 1.50. The molecule has 6 nitrogen and oxygen atoms in total. The smallest absolute Gasteiger partial charge is 0.349 e. The van der Waals surface area contributed by atoms with Crippen LogP contribution in [0.1, 0.15) is 16.6 Å². The van der Waals surface area contributed by atoms with Gasteiger partial charge in [0.2, 0.25) is 0 Å². The summed E-state index contributed by atoms with van der Waals surface area (Å²) in [5.74, 6) is -0.0147. The number of hydrogen-bond acceptors (Lipinski definition) is 6. The van der Waals surface area contributed by atoms with E-state index >= 15 is 0 Å². The molecule has 0 aliphatic heterocycles. The molecule has 0 radical (unpaired) electrons. The topological polar surface area (TPSA) is 73.9 Å². The SMILES string of the molecule is COc1ccc(OC)c(NC(=O)C(C)OC(=O)c2cc(Br)c(Br)s2)c1. The Hall–Kier alpha value is -1.58. The standard InChI is InChI=1S/C16H15Br2NO5S/c1-8(24-16(21)13-7-10(17)14(18)25-13)15(20)19-11-6-9(22-2)4-5-12(11)23-3/h4-8H,1-3H3,(H,19,20). The number of halogens is 2. The third-order valence-corrected chi connectivity index (χ3v) is 6.40. The van der Waals surface area contributed by atoms with Crippen LogP contribution in [0.5, 0.6) is 11.5 Å². The van der Waals surface area contributed by atoms with E-state index in [2.05, 4.69) is 37.2 Å². The number of benzene rings is 1. The van der Waals surface area contributed by atoms with Gasteiger partial charge >= 0.3 is 5.97 Å². The highest BCUT2D eigenvalue weighted by atomic mass is 79.9. The van der Waals surface area contributed by atoms with E-state index in [1.807, 2.05) is 0 Å². The average molecular weight is 493 g/mol. The number of ether oxygens (including phenoxy) is 3. The second-order valence-corrected chi connectivity index (χ2v) is 8.06. The number of methoxy groups -OCH3 is 2. The van der Waals surface area contributed by atoms with E-state index in [-0.39, 0.29) is 0 Å². The summed E-state index contributed by atoms with van der Waals surface area (Å²) in [7, 11) is 3.02. The normalized spacial score (nSPS) is 11.6. The molecule has 0 bridgehead atoms. The number of hydrogen-bond donors (Lipinski definition) is 1. The number of carbonyl (C=O) groups is 2. The monoisotopic (exact) mass is 491 g/mol. The van der Waals surface area contributed by atoms with Crippen LogP contribution >= 0.6 is 43.2 Å². The van der Waals surface area contributed by atoms with Crippen molar-refractivity contribution in [1.82, 2.24) is 0 Å². The molecule has 0 saturated carbocycles. The minimum Gasteiger partial charge on any atom is -0.497 e. The first-order valence-electron chi connectivity index (χ1n) is 7.04. The van der Waals surface area contributed by atoms with Crippen LogP contribution in [0.15, 0.2) is 32.5 Å². The molecule has 2 aromatic rings. The van der Waals surface area contributed by atoms with Crippen molar-refractivity contribution in [1.29, 1.82) is 0 Å². The Morgan fingerprint density at radius 3 is 2.44 bits per heavy atom. The summed E-state index contributed by atoms with van der Waals surface area (Å²) < 4.78 is 17.1. The number of carbonyl (C=O) groups excluding carboxylic acids is 2. The summed E-state index contributed by atoms with van der Waals surface area (Å²) in [6.07, 6.45) is -0.983. The van der Waals surface area contributed by atoms with Gasteiger partial charge < -0.3 is 19.5 Å². The molecule has 1 atom stereocenters. The molecule has 1 aromatic heterocycles. The summed E-state index contributed by atoms with van der Waals surface area (Å²) in [6, 6.07) is 6.64. The van der Waals surface area contributed by atoms with Gasteiger partial charge in [-0.05, 0) is 57.0 Å². The lowest BCUT2D eigenvalue weighted by Gasteiger charge is -2.15. The van der Waals surface area contributed by atoms with Crippen LogP contribution in [-0.2, 0) is 9.53 Å². The average Bonchev–Trinajstić information content (AvgIpc) is 2.93. The maximum absolute atomic E-state index is 12.3. The fourth-order valence-electron chi connectivity index (χ4n) is 1.87.